The zero-order valence-electron chi connectivity index (χ0n) is 20.1. The molecular formula is C24H29N7O3S. The number of carbonyl (C=O) groups is 1. The Morgan fingerprint density at radius 1 is 1.17 bits per heavy atom. The summed E-state index contributed by atoms with van der Waals surface area (Å²) >= 11 is 1.34. The van der Waals surface area contributed by atoms with Crippen LogP contribution in [0.2, 0.25) is 0 Å². The molecular weight excluding hydrogens is 466 g/mol. The third-order valence-corrected chi connectivity index (χ3v) is 6.26. The van der Waals surface area contributed by atoms with E-state index >= 15 is 0 Å². The zero-order valence-corrected chi connectivity index (χ0v) is 20.9. The highest BCUT2D eigenvalue weighted by Crippen LogP contribution is 2.23. The van der Waals surface area contributed by atoms with Gasteiger partial charge in [0.05, 0.1) is 5.69 Å². The number of thiazole rings is 1. The molecule has 0 aromatic carbocycles. The number of unbranched alkanes of at least 4 members (excludes halogenated alkanes) is 1. The Morgan fingerprint density at radius 3 is 2.71 bits per heavy atom. The smallest absolute Gasteiger partial charge is 0.322 e. The Bertz CT molecular complexity index is 1430. The molecule has 10 nitrogen and oxygen atoms in total. The maximum atomic E-state index is 12.7. The number of nitrogens with zero attached hydrogens (tertiary/aromatic N) is 5. The van der Waals surface area contributed by atoms with Crippen molar-refractivity contribution in [3.05, 3.63) is 56.4 Å². The van der Waals surface area contributed by atoms with Crippen molar-refractivity contribution in [3.63, 3.8) is 0 Å². The van der Waals surface area contributed by atoms with E-state index < -0.39 is 11.2 Å². The lowest BCUT2D eigenvalue weighted by Crippen LogP contribution is -2.31. The zero-order chi connectivity index (χ0) is 24.9. The number of H-pyrrole nitrogens is 1. The van der Waals surface area contributed by atoms with Gasteiger partial charge in [-0.05, 0) is 24.5 Å². The van der Waals surface area contributed by atoms with Crippen LogP contribution in [0.4, 0.5) is 5.13 Å². The second-order valence-corrected chi connectivity index (χ2v) is 9.63. The molecule has 0 saturated carbocycles. The van der Waals surface area contributed by atoms with Crippen LogP contribution in [-0.4, -0.2) is 35.0 Å². The largest absolute Gasteiger partial charge is 0.330 e. The highest BCUT2D eigenvalue weighted by atomic mass is 32.1. The van der Waals surface area contributed by atoms with Crippen LogP contribution in [0.3, 0.4) is 0 Å². The van der Waals surface area contributed by atoms with Gasteiger partial charge in [-0.1, -0.05) is 33.3 Å². The standard InChI is InChI=1S/C24H29N7O3S/c1-4-5-12-30-21-20(22(33)29-24(30)34)31(13-15(2)3)18(27-21)9-10-19(32)28-23-26-17(14-35-23)16-8-6-7-11-25-16/h6-8,11,14-15H,4-5,9-10,12-13H2,1-3H3,(H,26,28,32)(H,29,33,34). The summed E-state index contributed by atoms with van der Waals surface area (Å²) in [7, 11) is 0. The second kappa shape index (κ2) is 10.8. The minimum absolute atomic E-state index is 0.164. The number of rotatable bonds is 10. The van der Waals surface area contributed by atoms with Gasteiger partial charge in [-0.2, -0.15) is 0 Å². The Balaban J connectivity index is 1.56. The van der Waals surface area contributed by atoms with E-state index in [0.717, 1.165) is 18.5 Å². The van der Waals surface area contributed by atoms with Crippen LogP contribution in [0.25, 0.3) is 22.6 Å². The van der Waals surface area contributed by atoms with E-state index in [-0.39, 0.29) is 18.2 Å². The SMILES string of the molecule is CCCCn1c(=O)[nH]c(=O)c2c1nc(CCC(=O)Nc1nc(-c3ccccn3)cs1)n2CC(C)C. The Labute approximate surface area is 206 Å². The number of aromatic amines is 1. The van der Waals surface area contributed by atoms with Gasteiger partial charge >= 0.3 is 5.69 Å². The molecule has 4 aromatic rings. The monoisotopic (exact) mass is 495 g/mol. The van der Waals surface area contributed by atoms with Crippen LogP contribution in [0.15, 0.2) is 39.4 Å². The third-order valence-electron chi connectivity index (χ3n) is 5.50. The van der Waals surface area contributed by atoms with E-state index in [4.69, 9.17) is 0 Å². The molecule has 1 amide bonds. The first-order valence-electron chi connectivity index (χ1n) is 11.8. The van der Waals surface area contributed by atoms with Crippen molar-refractivity contribution in [2.45, 2.75) is 59.5 Å². The number of hydrogen-bond acceptors (Lipinski definition) is 7. The first-order chi connectivity index (χ1) is 16.9. The number of aryl methyl sites for hydroxylation is 2. The fourth-order valence-electron chi connectivity index (χ4n) is 3.86. The predicted octanol–water partition coefficient (Wildman–Crippen LogP) is 3.43. The third kappa shape index (κ3) is 5.56. The van der Waals surface area contributed by atoms with Crippen molar-refractivity contribution in [1.82, 2.24) is 29.1 Å². The summed E-state index contributed by atoms with van der Waals surface area (Å²) in [5.41, 5.74) is 1.29. The Hall–Kier alpha value is -3.60. The Kier molecular flexibility index (Phi) is 7.54. The molecule has 35 heavy (non-hydrogen) atoms. The van der Waals surface area contributed by atoms with Crippen molar-refractivity contribution in [1.29, 1.82) is 0 Å². The molecule has 0 aliphatic heterocycles. The molecule has 0 spiro atoms. The molecule has 11 heteroatoms. The topological polar surface area (TPSA) is 128 Å². The predicted molar refractivity (Wildman–Crippen MR) is 137 cm³/mol. The minimum atomic E-state index is -0.457. The van der Waals surface area contributed by atoms with E-state index in [2.05, 4.69) is 25.3 Å². The summed E-state index contributed by atoms with van der Waals surface area (Å²) < 4.78 is 3.37. The van der Waals surface area contributed by atoms with Crippen molar-refractivity contribution >= 4 is 33.5 Å². The number of carbonyl (C=O) groups excluding carboxylic acids is 1. The minimum Gasteiger partial charge on any atom is -0.322 e. The Morgan fingerprint density at radius 2 is 2.00 bits per heavy atom. The van der Waals surface area contributed by atoms with E-state index in [9.17, 15) is 14.4 Å². The van der Waals surface area contributed by atoms with Crippen LogP contribution >= 0.6 is 11.3 Å². The van der Waals surface area contributed by atoms with Gasteiger partial charge in [-0.3, -0.25) is 24.1 Å². The number of anilines is 1. The molecule has 0 bridgehead atoms. The summed E-state index contributed by atoms with van der Waals surface area (Å²) in [6.45, 7) is 7.17. The average molecular weight is 496 g/mol. The van der Waals surface area contributed by atoms with Gasteiger partial charge in [-0.15, -0.1) is 11.3 Å². The van der Waals surface area contributed by atoms with Gasteiger partial charge in [0, 0.05) is 37.5 Å². The van der Waals surface area contributed by atoms with E-state index in [1.807, 2.05) is 48.9 Å². The highest BCUT2D eigenvalue weighted by Gasteiger charge is 2.20. The summed E-state index contributed by atoms with van der Waals surface area (Å²) in [5.74, 6) is 0.654. The molecule has 4 rings (SSSR count). The molecule has 0 fully saturated rings. The van der Waals surface area contributed by atoms with Crippen molar-refractivity contribution in [3.8, 4) is 11.4 Å². The molecule has 0 radical (unpaired) electrons. The van der Waals surface area contributed by atoms with E-state index in [0.29, 0.717) is 47.3 Å². The summed E-state index contributed by atoms with van der Waals surface area (Å²) in [6, 6.07) is 5.58. The maximum Gasteiger partial charge on any atom is 0.330 e. The number of aromatic nitrogens is 6. The van der Waals surface area contributed by atoms with Crippen molar-refractivity contribution in [2.75, 3.05) is 5.32 Å². The van der Waals surface area contributed by atoms with Gasteiger partial charge < -0.3 is 9.88 Å². The van der Waals surface area contributed by atoms with E-state index in [1.54, 1.807) is 6.20 Å². The quantitative estimate of drug-likeness (QED) is 0.347. The van der Waals surface area contributed by atoms with Gasteiger partial charge in [-0.25, -0.2) is 14.8 Å². The first-order valence-corrected chi connectivity index (χ1v) is 12.6. The molecule has 4 aromatic heterocycles. The lowest BCUT2D eigenvalue weighted by atomic mass is 10.2. The maximum absolute atomic E-state index is 12.7. The number of fused-ring (bicyclic) bond motifs is 1. The molecule has 0 aliphatic carbocycles. The molecule has 0 saturated heterocycles. The van der Waals surface area contributed by atoms with Gasteiger partial charge in [0.25, 0.3) is 5.56 Å². The second-order valence-electron chi connectivity index (χ2n) is 8.77. The molecule has 0 aliphatic rings. The van der Waals surface area contributed by atoms with Gasteiger partial charge in [0.1, 0.15) is 11.5 Å². The molecule has 0 unspecified atom stereocenters. The van der Waals surface area contributed by atoms with Gasteiger partial charge in [0.2, 0.25) is 5.91 Å². The van der Waals surface area contributed by atoms with Gasteiger partial charge in [0.15, 0.2) is 16.3 Å². The molecule has 2 N–H and O–H groups in total. The van der Waals surface area contributed by atoms with Crippen molar-refractivity contribution in [2.24, 2.45) is 5.92 Å². The van der Waals surface area contributed by atoms with Crippen LogP contribution < -0.4 is 16.6 Å². The normalized spacial score (nSPS) is 11.4. The summed E-state index contributed by atoms with van der Waals surface area (Å²) in [5, 5.41) is 5.18. The number of nitrogens with one attached hydrogen (secondary N) is 2. The molecule has 0 atom stereocenters. The lowest BCUT2D eigenvalue weighted by molar-refractivity contribution is -0.116. The van der Waals surface area contributed by atoms with E-state index in [1.165, 1.54) is 15.9 Å². The highest BCUT2D eigenvalue weighted by molar-refractivity contribution is 7.14. The summed E-state index contributed by atoms with van der Waals surface area (Å²) in [4.78, 5) is 53.7. The number of pyridine rings is 1. The number of amides is 1. The average Bonchev–Trinajstić information content (AvgIpc) is 3.43. The molecule has 184 valence electrons. The van der Waals surface area contributed by atoms with Crippen LogP contribution in [-0.2, 0) is 24.3 Å². The first kappa shape index (κ1) is 24.5. The summed E-state index contributed by atoms with van der Waals surface area (Å²) in [6.07, 6.45) is 3.89. The van der Waals surface area contributed by atoms with Crippen LogP contribution in [0.5, 0.6) is 0 Å². The fourth-order valence-corrected chi connectivity index (χ4v) is 4.58. The number of imidazole rings is 1. The lowest BCUT2D eigenvalue weighted by Gasteiger charge is -2.11. The molecule has 4 heterocycles. The fraction of sp³-hybridized carbons (Fsp3) is 0.417. The van der Waals surface area contributed by atoms with Crippen molar-refractivity contribution < 1.29 is 4.79 Å². The van der Waals surface area contributed by atoms with Crippen LogP contribution in [0, 0.1) is 5.92 Å². The van der Waals surface area contributed by atoms with Crippen LogP contribution in [0.1, 0.15) is 45.9 Å². The number of hydrogen-bond donors (Lipinski definition) is 2.